The average molecular weight is 417 g/mol. The first-order chi connectivity index (χ1) is 14.7. The summed E-state index contributed by atoms with van der Waals surface area (Å²) in [5.41, 5.74) is 0.898. The highest BCUT2D eigenvalue weighted by molar-refractivity contribution is 5.80. The second-order valence-electron chi connectivity index (χ2n) is 6.89. The molecule has 0 aliphatic carbocycles. The van der Waals surface area contributed by atoms with Crippen LogP contribution in [0.2, 0.25) is 0 Å². The monoisotopic (exact) mass is 416 g/mol. The fraction of sp³-hybridized carbons (Fsp3) is 0.476. The minimum Gasteiger partial charge on any atom is -0.475 e. The molecule has 0 spiro atoms. The van der Waals surface area contributed by atoms with E-state index in [1.54, 1.807) is 25.6 Å². The van der Waals surface area contributed by atoms with E-state index in [0.29, 0.717) is 44.0 Å². The number of hydrogen-bond donors (Lipinski definition) is 2. The van der Waals surface area contributed by atoms with Gasteiger partial charge in [0.15, 0.2) is 17.6 Å². The van der Waals surface area contributed by atoms with Gasteiger partial charge in [-0.05, 0) is 31.5 Å². The lowest BCUT2D eigenvalue weighted by atomic mass is 10.2. The quantitative estimate of drug-likeness (QED) is 0.367. The predicted octanol–water partition coefficient (Wildman–Crippen LogP) is 1.97. The number of anilines is 1. The molecule has 2 N–H and O–H groups in total. The van der Waals surface area contributed by atoms with Crippen LogP contribution in [0.4, 0.5) is 10.2 Å². The van der Waals surface area contributed by atoms with Crippen LogP contribution in [-0.4, -0.2) is 61.9 Å². The maximum atomic E-state index is 14.0. The molecule has 30 heavy (non-hydrogen) atoms. The number of ether oxygens (including phenoxy) is 2. The van der Waals surface area contributed by atoms with Crippen LogP contribution in [0.3, 0.4) is 0 Å². The lowest BCUT2D eigenvalue weighted by Crippen LogP contribution is -2.44. The summed E-state index contributed by atoms with van der Waals surface area (Å²) in [5, 5.41) is 6.71. The molecule has 2 aromatic heterocycles. The number of nitrogens with zero attached hydrogens (tertiary/aromatic N) is 4. The first-order valence-corrected chi connectivity index (χ1v) is 10.2. The summed E-state index contributed by atoms with van der Waals surface area (Å²) in [6, 6.07) is 7.00. The van der Waals surface area contributed by atoms with Crippen LogP contribution in [0.1, 0.15) is 18.9 Å². The summed E-state index contributed by atoms with van der Waals surface area (Å²) in [5.74, 6) is 1.37. The zero-order chi connectivity index (χ0) is 21.2. The molecular formula is C21H29FN6O2. The van der Waals surface area contributed by atoms with E-state index < -0.39 is 0 Å². The van der Waals surface area contributed by atoms with Crippen molar-refractivity contribution in [2.75, 3.05) is 44.9 Å². The molecule has 9 heteroatoms. The van der Waals surface area contributed by atoms with Crippen molar-refractivity contribution in [3.63, 3.8) is 0 Å². The van der Waals surface area contributed by atoms with Crippen LogP contribution in [0.15, 0.2) is 41.7 Å². The SMILES string of the molecule is CCNC(=NCc1cccnc1OCCOC)NC1CCN(c2ncccc2F)C1. The van der Waals surface area contributed by atoms with Gasteiger partial charge in [0, 0.05) is 50.7 Å². The van der Waals surface area contributed by atoms with Gasteiger partial charge in [0.1, 0.15) is 6.61 Å². The Bertz CT molecular complexity index is 835. The van der Waals surface area contributed by atoms with Crippen LogP contribution in [0.5, 0.6) is 5.88 Å². The highest BCUT2D eigenvalue weighted by Crippen LogP contribution is 2.21. The zero-order valence-electron chi connectivity index (χ0n) is 17.5. The number of aromatic nitrogens is 2. The van der Waals surface area contributed by atoms with Gasteiger partial charge in [0.2, 0.25) is 5.88 Å². The van der Waals surface area contributed by atoms with Gasteiger partial charge in [0.05, 0.1) is 13.2 Å². The van der Waals surface area contributed by atoms with E-state index in [-0.39, 0.29) is 11.9 Å². The van der Waals surface area contributed by atoms with E-state index in [1.165, 1.54) is 6.07 Å². The Morgan fingerprint density at radius 2 is 2.10 bits per heavy atom. The fourth-order valence-electron chi connectivity index (χ4n) is 3.25. The zero-order valence-corrected chi connectivity index (χ0v) is 17.5. The number of nitrogens with one attached hydrogen (secondary N) is 2. The predicted molar refractivity (Wildman–Crippen MR) is 114 cm³/mol. The first kappa shape index (κ1) is 21.8. The Morgan fingerprint density at radius 1 is 1.27 bits per heavy atom. The maximum absolute atomic E-state index is 14.0. The molecule has 1 aliphatic rings. The van der Waals surface area contributed by atoms with Gasteiger partial charge in [-0.3, -0.25) is 0 Å². The van der Waals surface area contributed by atoms with Crippen molar-refractivity contribution in [2.24, 2.45) is 4.99 Å². The van der Waals surface area contributed by atoms with Crippen molar-refractivity contribution < 1.29 is 13.9 Å². The number of rotatable bonds is 9. The van der Waals surface area contributed by atoms with Gasteiger partial charge < -0.3 is 25.0 Å². The number of pyridine rings is 2. The molecule has 8 nitrogen and oxygen atoms in total. The van der Waals surface area contributed by atoms with Crippen LogP contribution in [0, 0.1) is 5.82 Å². The molecular weight excluding hydrogens is 387 g/mol. The van der Waals surface area contributed by atoms with E-state index in [4.69, 9.17) is 9.47 Å². The lowest BCUT2D eigenvalue weighted by molar-refractivity contribution is 0.143. The van der Waals surface area contributed by atoms with Gasteiger partial charge in [-0.1, -0.05) is 6.07 Å². The van der Waals surface area contributed by atoms with Crippen LogP contribution >= 0.6 is 0 Å². The normalized spacial score (nSPS) is 16.6. The molecule has 0 aromatic carbocycles. The smallest absolute Gasteiger partial charge is 0.218 e. The number of halogens is 1. The summed E-state index contributed by atoms with van der Waals surface area (Å²) in [6.45, 7) is 5.52. The van der Waals surface area contributed by atoms with Crippen molar-refractivity contribution in [1.82, 2.24) is 20.6 Å². The fourth-order valence-corrected chi connectivity index (χ4v) is 3.25. The van der Waals surface area contributed by atoms with Crippen LogP contribution < -0.4 is 20.3 Å². The van der Waals surface area contributed by atoms with Crippen molar-refractivity contribution in [2.45, 2.75) is 25.9 Å². The third-order valence-electron chi connectivity index (χ3n) is 4.70. The minimum absolute atomic E-state index is 0.149. The Labute approximate surface area is 176 Å². The van der Waals surface area contributed by atoms with E-state index in [0.717, 1.165) is 25.1 Å². The average Bonchev–Trinajstić information content (AvgIpc) is 3.22. The summed E-state index contributed by atoms with van der Waals surface area (Å²) in [7, 11) is 1.63. The molecule has 0 saturated carbocycles. The van der Waals surface area contributed by atoms with Gasteiger partial charge in [0.25, 0.3) is 0 Å². The highest BCUT2D eigenvalue weighted by Gasteiger charge is 2.26. The van der Waals surface area contributed by atoms with Crippen LogP contribution in [-0.2, 0) is 11.3 Å². The highest BCUT2D eigenvalue weighted by atomic mass is 19.1. The Morgan fingerprint density at radius 3 is 2.90 bits per heavy atom. The Balaban J connectivity index is 1.61. The number of aliphatic imine (C=N–C) groups is 1. The molecule has 0 radical (unpaired) electrons. The number of methoxy groups -OCH3 is 1. The van der Waals surface area contributed by atoms with Gasteiger partial charge in [-0.25, -0.2) is 19.4 Å². The van der Waals surface area contributed by atoms with E-state index >= 15 is 0 Å². The standard InChI is InChI=1S/C21H29FN6O2/c1-3-23-21(26-14-16-6-4-10-25-20(16)30-13-12-29-2)27-17-8-11-28(15-17)19-18(22)7-5-9-24-19/h4-7,9-10,17H,3,8,11-15H2,1-2H3,(H2,23,26,27). The molecule has 1 aliphatic heterocycles. The lowest BCUT2D eigenvalue weighted by Gasteiger charge is -2.20. The largest absolute Gasteiger partial charge is 0.475 e. The topological polar surface area (TPSA) is 83.9 Å². The Kier molecular flexibility index (Phi) is 8.20. The van der Waals surface area contributed by atoms with Crippen LogP contribution in [0.25, 0.3) is 0 Å². The molecule has 3 rings (SSSR count). The molecule has 3 heterocycles. The first-order valence-electron chi connectivity index (χ1n) is 10.2. The maximum Gasteiger partial charge on any atom is 0.218 e. The Hall–Kier alpha value is -2.94. The minimum atomic E-state index is -0.295. The van der Waals surface area contributed by atoms with Gasteiger partial charge in [-0.2, -0.15) is 0 Å². The second-order valence-corrected chi connectivity index (χ2v) is 6.89. The summed E-state index contributed by atoms with van der Waals surface area (Å²) in [6.07, 6.45) is 4.19. The van der Waals surface area contributed by atoms with Crippen molar-refractivity contribution in [1.29, 1.82) is 0 Å². The third kappa shape index (κ3) is 6.03. The molecule has 0 bridgehead atoms. The third-order valence-corrected chi connectivity index (χ3v) is 4.70. The van der Waals surface area contributed by atoms with E-state index in [9.17, 15) is 4.39 Å². The van der Waals surface area contributed by atoms with Gasteiger partial charge in [-0.15, -0.1) is 0 Å². The number of guanidine groups is 1. The molecule has 1 fully saturated rings. The summed E-state index contributed by atoms with van der Waals surface area (Å²) in [4.78, 5) is 15.1. The van der Waals surface area contributed by atoms with Crippen molar-refractivity contribution in [3.8, 4) is 5.88 Å². The molecule has 1 unspecified atom stereocenters. The molecule has 1 saturated heterocycles. The molecule has 0 amide bonds. The second kappa shape index (κ2) is 11.3. The summed E-state index contributed by atoms with van der Waals surface area (Å²) < 4.78 is 24.7. The molecule has 2 aromatic rings. The van der Waals surface area contributed by atoms with E-state index in [1.807, 2.05) is 24.0 Å². The summed E-state index contributed by atoms with van der Waals surface area (Å²) >= 11 is 0. The molecule has 162 valence electrons. The van der Waals surface area contributed by atoms with Crippen molar-refractivity contribution in [3.05, 3.63) is 48.0 Å². The van der Waals surface area contributed by atoms with Gasteiger partial charge >= 0.3 is 0 Å². The van der Waals surface area contributed by atoms with E-state index in [2.05, 4.69) is 25.6 Å². The number of hydrogen-bond acceptors (Lipinski definition) is 6. The van der Waals surface area contributed by atoms with Crippen molar-refractivity contribution >= 4 is 11.8 Å². The molecule has 1 atom stereocenters.